The molecule has 1 fully saturated rings. The summed E-state index contributed by atoms with van der Waals surface area (Å²) in [6.07, 6.45) is 4.94. The summed E-state index contributed by atoms with van der Waals surface area (Å²) in [4.78, 5) is 11.4. The lowest BCUT2D eigenvalue weighted by molar-refractivity contribution is -0.135. The molecule has 1 unspecified atom stereocenters. The van der Waals surface area contributed by atoms with Crippen molar-refractivity contribution < 1.29 is 4.79 Å². The van der Waals surface area contributed by atoms with Gasteiger partial charge in [0.2, 0.25) is 5.91 Å². The molecule has 0 aliphatic heterocycles. The van der Waals surface area contributed by atoms with Crippen molar-refractivity contribution in [2.75, 3.05) is 7.05 Å². The lowest BCUT2D eigenvalue weighted by Crippen LogP contribution is -2.39. The van der Waals surface area contributed by atoms with E-state index < -0.39 is 0 Å². The summed E-state index contributed by atoms with van der Waals surface area (Å²) >= 11 is 0. The second-order valence-corrected chi connectivity index (χ2v) is 3.78. The normalized spacial score (nSPS) is 20.9. The molecule has 0 saturated heterocycles. The fourth-order valence-corrected chi connectivity index (χ4v) is 1.98. The lowest BCUT2D eigenvalue weighted by Gasteiger charge is -2.21. The van der Waals surface area contributed by atoms with Crippen LogP contribution in [0.3, 0.4) is 0 Å². The molecule has 0 bridgehead atoms. The molecule has 1 atom stereocenters. The van der Waals surface area contributed by atoms with Crippen molar-refractivity contribution >= 4 is 5.91 Å². The number of nitrogens with zero attached hydrogens (tertiary/aromatic N) is 1. The minimum atomic E-state index is 0.0712. The monoisotopic (exact) mass is 170 g/mol. The minimum absolute atomic E-state index is 0.0712. The van der Waals surface area contributed by atoms with Gasteiger partial charge in [0.15, 0.2) is 0 Å². The number of carbonyl (C=O) groups excluding carboxylic acids is 1. The predicted octanol–water partition coefficient (Wildman–Crippen LogP) is 1.14. The highest BCUT2D eigenvalue weighted by Crippen LogP contribution is 2.31. The molecule has 1 rings (SSSR count). The molecule has 3 heteroatoms. The molecule has 1 saturated carbocycles. The third-order valence-corrected chi connectivity index (χ3v) is 2.84. The van der Waals surface area contributed by atoms with Crippen LogP contribution in [0.1, 0.15) is 32.6 Å². The number of nitrogens with two attached hydrogens (primary N) is 1. The second-order valence-electron chi connectivity index (χ2n) is 3.78. The van der Waals surface area contributed by atoms with Gasteiger partial charge in [-0.1, -0.05) is 19.8 Å². The summed E-state index contributed by atoms with van der Waals surface area (Å²) in [5.41, 5.74) is 0. The topological polar surface area (TPSA) is 46.3 Å². The van der Waals surface area contributed by atoms with E-state index >= 15 is 0 Å². The van der Waals surface area contributed by atoms with E-state index in [1.54, 1.807) is 7.05 Å². The smallest absolute Gasteiger partial charge is 0.239 e. The van der Waals surface area contributed by atoms with Crippen LogP contribution >= 0.6 is 0 Å². The highest BCUT2D eigenvalue weighted by molar-refractivity contribution is 5.77. The van der Waals surface area contributed by atoms with Gasteiger partial charge in [0.05, 0.1) is 0 Å². The van der Waals surface area contributed by atoms with Crippen LogP contribution in [0.15, 0.2) is 0 Å². The zero-order chi connectivity index (χ0) is 9.14. The molecule has 0 spiro atoms. The SMILES string of the molecule is CC(C(=O)N(C)N)C1CCCC1. The van der Waals surface area contributed by atoms with Crippen LogP contribution < -0.4 is 5.84 Å². The first-order valence-electron chi connectivity index (χ1n) is 4.65. The Morgan fingerprint density at radius 1 is 1.50 bits per heavy atom. The fourth-order valence-electron chi connectivity index (χ4n) is 1.98. The molecule has 1 amide bonds. The van der Waals surface area contributed by atoms with E-state index in [9.17, 15) is 4.79 Å². The molecule has 0 radical (unpaired) electrons. The molecular formula is C9H18N2O. The Morgan fingerprint density at radius 3 is 2.42 bits per heavy atom. The molecule has 0 aromatic carbocycles. The number of carbonyl (C=O) groups is 1. The Labute approximate surface area is 73.9 Å². The first-order chi connectivity index (χ1) is 5.63. The van der Waals surface area contributed by atoms with Crippen LogP contribution in [-0.2, 0) is 4.79 Å². The minimum Gasteiger partial charge on any atom is -0.284 e. The van der Waals surface area contributed by atoms with Crippen LogP contribution in [0.5, 0.6) is 0 Å². The van der Waals surface area contributed by atoms with E-state index in [4.69, 9.17) is 5.84 Å². The second kappa shape index (κ2) is 3.90. The van der Waals surface area contributed by atoms with E-state index in [0.717, 1.165) is 0 Å². The highest BCUT2D eigenvalue weighted by atomic mass is 16.2. The maximum Gasteiger partial charge on any atom is 0.239 e. The van der Waals surface area contributed by atoms with Gasteiger partial charge in [-0.2, -0.15) is 0 Å². The van der Waals surface area contributed by atoms with Crippen molar-refractivity contribution in [3.8, 4) is 0 Å². The van der Waals surface area contributed by atoms with Gasteiger partial charge in [0.1, 0.15) is 0 Å². The summed E-state index contributed by atoms with van der Waals surface area (Å²) < 4.78 is 0. The molecule has 2 N–H and O–H groups in total. The van der Waals surface area contributed by atoms with E-state index in [0.29, 0.717) is 5.92 Å². The predicted molar refractivity (Wildman–Crippen MR) is 48.1 cm³/mol. The van der Waals surface area contributed by atoms with Gasteiger partial charge in [-0.15, -0.1) is 0 Å². The summed E-state index contributed by atoms with van der Waals surface area (Å²) in [6, 6.07) is 0. The lowest BCUT2D eigenvalue weighted by atomic mass is 9.92. The molecule has 12 heavy (non-hydrogen) atoms. The van der Waals surface area contributed by atoms with Crippen LogP contribution in [0.2, 0.25) is 0 Å². The Hall–Kier alpha value is -0.570. The van der Waals surface area contributed by atoms with E-state index in [1.165, 1.54) is 30.7 Å². The van der Waals surface area contributed by atoms with E-state index in [-0.39, 0.29) is 11.8 Å². The van der Waals surface area contributed by atoms with Crippen molar-refractivity contribution in [1.82, 2.24) is 5.01 Å². The maximum absolute atomic E-state index is 11.4. The van der Waals surface area contributed by atoms with E-state index in [2.05, 4.69) is 0 Å². The van der Waals surface area contributed by atoms with Crippen LogP contribution in [-0.4, -0.2) is 18.0 Å². The Morgan fingerprint density at radius 2 is 2.00 bits per heavy atom. The summed E-state index contributed by atoms with van der Waals surface area (Å²) in [6.45, 7) is 1.99. The summed E-state index contributed by atoms with van der Waals surface area (Å²) in [7, 11) is 1.62. The van der Waals surface area contributed by atoms with Gasteiger partial charge < -0.3 is 0 Å². The first-order valence-corrected chi connectivity index (χ1v) is 4.65. The van der Waals surface area contributed by atoms with Gasteiger partial charge >= 0.3 is 0 Å². The standard InChI is InChI=1S/C9H18N2O/c1-7(9(12)11(2)10)8-5-3-4-6-8/h7-8H,3-6,10H2,1-2H3. The Bertz CT molecular complexity index is 162. The average molecular weight is 170 g/mol. The van der Waals surface area contributed by atoms with Crippen molar-refractivity contribution in [1.29, 1.82) is 0 Å². The summed E-state index contributed by atoms with van der Waals surface area (Å²) in [5, 5.41) is 1.21. The number of amides is 1. The van der Waals surface area contributed by atoms with Gasteiger partial charge in [0.25, 0.3) is 0 Å². The molecule has 0 heterocycles. The van der Waals surface area contributed by atoms with E-state index in [1.807, 2.05) is 6.92 Å². The van der Waals surface area contributed by atoms with Crippen LogP contribution in [0, 0.1) is 11.8 Å². The zero-order valence-corrected chi connectivity index (χ0v) is 7.92. The highest BCUT2D eigenvalue weighted by Gasteiger charge is 2.27. The molecule has 3 nitrogen and oxygen atoms in total. The van der Waals surface area contributed by atoms with Gasteiger partial charge in [-0.3, -0.25) is 9.80 Å². The molecular weight excluding hydrogens is 152 g/mol. The molecule has 1 aliphatic carbocycles. The number of hydrogen-bond acceptors (Lipinski definition) is 2. The quantitative estimate of drug-likeness (QED) is 0.384. The molecule has 0 aromatic heterocycles. The third-order valence-electron chi connectivity index (χ3n) is 2.84. The van der Waals surface area contributed by atoms with Crippen molar-refractivity contribution in [2.45, 2.75) is 32.6 Å². The fraction of sp³-hybridized carbons (Fsp3) is 0.889. The zero-order valence-electron chi connectivity index (χ0n) is 7.92. The van der Waals surface area contributed by atoms with Gasteiger partial charge in [-0.25, -0.2) is 5.84 Å². The van der Waals surface area contributed by atoms with Crippen molar-refractivity contribution in [2.24, 2.45) is 17.7 Å². The summed E-state index contributed by atoms with van der Waals surface area (Å²) in [5.74, 6) is 6.15. The van der Waals surface area contributed by atoms with Gasteiger partial charge in [0, 0.05) is 13.0 Å². The molecule has 0 aromatic rings. The van der Waals surface area contributed by atoms with Crippen molar-refractivity contribution in [3.63, 3.8) is 0 Å². The Kier molecular flexibility index (Phi) is 3.09. The molecule has 70 valence electrons. The number of hydrazine groups is 1. The maximum atomic E-state index is 11.4. The van der Waals surface area contributed by atoms with Gasteiger partial charge in [-0.05, 0) is 18.8 Å². The number of rotatable bonds is 2. The first kappa shape index (κ1) is 9.52. The van der Waals surface area contributed by atoms with Crippen LogP contribution in [0.4, 0.5) is 0 Å². The Balaban J connectivity index is 2.45. The third kappa shape index (κ3) is 1.97. The average Bonchev–Trinajstić information content (AvgIpc) is 2.53. The molecule has 1 aliphatic rings. The largest absolute Gasteiger partial charge is 0.284 e. The number of hydrogen-bond donors (Lipinski definition) is 1. The van der Waals surface area contributed by atoms with Crippen molar-refractivity contribution in [3.05, 3.63) is 0 Å². The van der Waals surface area contributed by atoms with Crippen LogP contribution in [0.25, 0.3) is 0 Å².